The fourth-order valence-electron chi connectivity index (χ4n) is 3.90. The van der Waals surface area contributed by atoms with Gasteiger partial charge in [0.25, 0.3) is 0 Å². The second kappa shape index (κ2) is 6.56. The number of rotatable bonds is 3. The number of hydrogen-bond acceptors (Lipinski definition) is 8. The Morgan fingerprint density at radius 3 is 2.86 bits per heavy atom. The number of anilines is 2. The van der Waals surface area contributed by atoms with Crippen LogP contribution in [0.1, 0.15) is 36.1 Å². The number of ketones is 1. The lowest BCUT2D eigenvalue weighted by molar-refractivity contribution is -0.116. The Kier molecular flexibility index (Phi) is 3.89. The average Bonchev–Trinajstić information content (AvgIpc) is 3.37. The number of nitrogens with one attached hydrogen (secondary N) is 2. The number of allylic oxidation sites excluding steroid dienone is 1. The molecule has 8 nitrogen and oxygen atoms in total. The summed E-state index contributed by atoms with van der Waals surface area (Å²) in [6, 6.07) is 11.0. The molecule has 8 heteroatoms. The maximum absolute atomic E-state index is 13.2. The van der Waals surface area contributed by atoms with Crippen molar-refractivity contribution in [3.63, 3.8) is 0 Å². The summed E-state index contributed by atoms with van der Waals surface area (Å²) in [5.74, 6) is 2.47. The third-order valence-corrected chi connectivity index (χ3v) is 5.21. The highest BCUT2D eigenvalue weighted by atomic mass is 16.6. The molecule has 2 aromatic heterocycles. The van der Waals surface area contributed by atoms with Gasteiger partial charge in [0.15, 0.2) is 5.78 Å². The Balaban J connectivity index is 1.61. The van der Waals surface area contributed by atoms with Gasteiger partial charge in [-0.25, -0.2) is 4.63 Å². The lowest BCUT2D eigenvalue weighted by Gasteiger charge is -2.28. The van der Waals surface area contributed by atoms with Gasteiger partial charge >= 0.3 is 0 Å². The molecule has 3 aromatic rings. The van der Waals surface area contributed by atoms with Crippen LogP contribution in [-0.4, -0.2) is 23.2 Å². The number of fused-ring (bicyclic) bond motifs is 1. The highest BCUT2D eigenvalue weighted by molar-refractivity contribution is 6.00. The Hall–Kier alpha value is -3.55. The Bertz CT molecular complexity index is 1050. The van der Waals surface area contributed by atoms with E-state index >= 15 is 0 Å². The first kappa shape index (κ1) is 16.6. The first-order valence-corrected chi connectivity index (χ1v) is 9.02. The van der Waals surface area contributed by atoms with Gasteiger partial charge in [0, 0.05) is 23.6 Å². The topological polar surface area (TPSA) is 102 Å². The summed E-state index contributed by atoms with van der Waals surface area (Å²) < 4.78 is 15.8. The van der Waals surface area contributed by atoms with Gasteiger partial charge in [-0.1, -0.05) is 12.1 Å². The van der Waals surface area contributed by atoms with Crippen LogP contribution in [0.4, 0.5) is 11.6 Å². The van der Waals surface area contributed by atoms with Crippen molar-refractivity contribution in [3.8, 4) is 5.75 Å². The van der Waals surface area contributed by atoms with Crippen molar-refractivity contribution < 1.29 is 18.6 Å². The smallest absolute Gasteiger partial charge is 0.219 e. The van der Waals surface area contributed by atoms with E-state index in [0.29, 0.717) is 35.8 Å². The molecule has 2 N–H and O–H groups in total. The van der Waals surface area contributed by atoms with E-state index in [1.165, 1.54) is 0 Å². The summed E-state index contributed by atoms with van der Waals surface area (Å²) in [4.78, 5) is 13.2. The van der Waals surface area contributed by atoms with Crippen molar-refractivity contribution >= 4 is 17.4 Å². The number of nitrogens with zero attached hydrogens (tertiary/aromatic N) is 2. The Labute approximate surface area is 160 Å². The van der Waals surface area contributed by atoms with Crippen molar-refractivity contribution in [2.75, 3.05) is 17.7 Å². The predicted molar refractivity (Wildman–Crippen MR) is 100.0 cm³/mol. The summed E-state index contributed by atoms with van der Waals surface area (Å²) in [6.07, 6.45) is 2.64. The normalized spacial score (nSPS) is 21.2. The quantitative estimate of drug-likeness (QED) is 0.712. The molecule has 28 heavy (non-hydrogen) atoms. The number of Topliss-reactive ketones (excluding diaryl/α,β-unsaturated/α-hetero) is 1. The van der Waals surface area contributed by atoms with Crippen molar-refractivity contribution in [1.82, 2.24) is 10.3 Å². The van der Waals surface area contributed by atoms with Gasteiger partial charge < -0.3 is 19.8 Å². The number of aromatic nitrogens is 2. The van der Waals surface area contributed by atoms with E-state index < -0.39 is 6.04 Å². The monoisotopic (exact) mass is 378 g/mol. The van der Waals surface area contributed by atoms with Crippen LogP contribution in [0.15, 0.2) is 63.0 Å². The SMILES string of the molecule is COc1cccc(C2Nc3nonc3NC3=C2C(=O)CC(c2ccco2)C3)c1. The second-order valence-corrected chi connectivity index (χ2v) is 6.88. The summed E-state index contributed by atoms with van der Waals surface area (Å²) >= 11 is 0. The van der Waals surface area contributed by atoms with E-state index in [-0.39, 0.29) is 11.7 Å². The number of carbonyl (C=O) groups excluding carboxylic acids is 1. The predicted octanol–water partition coefficient (Wildman–Crippen LogP) is 3.65. The van der Waals surface area contributed by atoms with E-state index in [4.69, 9.17) is 13.8 Å². The van der Waals surface area contributed by atoms with Crippen molar-refractivity contribution in [1.29, 1.82) is 0 Å². The van der Waals surface area contributed by atoms with Crippen LogP contribution in [0.25, 0.3) is 0 Å². The summed E-state index contributed by atoms with van der Waals surface area (Å²) in [5.41, 5.74) is 2.37. The number of methoxy groups -OCH3 is 1. The van der Waals surface area contributed by atoms with Gasteiger partial charge in [0.05, 0.1) is 19.4 Å². The van der Waals surface area contributed by atoms with Crippen LogP contribution in [0.2, 0.25) is 0 Å². The third-order valence-electron chi connectivity index (χ3n) is 5.21. The van der Waals surface area contributed by atoms with Gasteiger partial charge in [0.2, 0.25) is 11.6 Å². The molecule has 2 atom stereocenters. The Morgan fingerprint density at radius 2 is 2.04 bits per heavy atom. The standard InChI is InChI=1S/C20H18N4O4/c1-26-13-5-2-4-11(8-13)18-17-14(21-19-20(22-18)24-28-23-19)9-12(10-15(17)25)16-6-3-7-27-16/h2-8,12,18H,9-10H2,1H3,(H,21,23)(H,22,24). The van der Waals surface area contributed by atoms with Gasteiger partial charge in [-0.2, -0.15) is 0 Å². The lowest BCUT2D eigenvalue weighted by Crippen LogP contribution is -2.27. The summed E-state index contributed by atoms with van der Waals surface area (Å²) in [7, 11) is 1.62. The molecule has 142 valence electrons. The fourth-order valence-corrected chi connectivity index (χ4v) is 3.90. The van der Waals surface area contributed by atoms with Crippen molar-refractivity contribution in [2.24, 2.45) is 0 Å². The maximum atomic E-state index is 13.2. The molecule has 1 aromatic carbocycles. The first-order valence-electron chi connectivity index (χ1n) is 9.02. The molecule has 3 heterocycles. The molecule has 0 bridgehead atoms. The molecule has 5 rings (SSSR count). The third kappa shape index (κ3) is 2.74. The van der Waals surface area contributed by atoms with E-state index in [0.717, 1.165) is 17.0 Å². The minimum atomic E-state index is -0.393. The van der Waals surface area contributed by atoms with Crippen LogP contribution in [0.3, 0.4) is 0 Å². The molecule has 0 radical (unpaired) electrons. The van der Waals surface area contributed by atoms with Gasteiger partial charge in [-0.15, -0.1) is 0 Å². The molecule has 0 fully saturated rings. The molecule has 0 amide bonds. The molecule has 0 saturated heterocycles. The maximum Gasteiger partial charge on any atom is 0.219 e. The zero-order valence-corrected chi connectivity index (χ0v) is 15.1. The van der Waals surface area contributed by atoms with Crippen LogP contribution >= 0.6 is 0 Å². The van der Waals surface area contributed by atoms with Crippen molar-refractivity contribution in [3.05, 3.63) is 65.3 Å². The zero-order valence-electron chi connectivity index (χ0n) is 15.1. The minimum absolute atomic E-state index is 0.0267. The van der Waals surface area contributed by atoms with E-state index in [1.54, 1.807) is 13.4 Å². The molecular formula is C20H18N4O4. The number of carbonyl (C=O) groups is 1. The highest BCUT2D eigenvalue weighted by Gasteiger charge is 2.38. The van der Waals surface area contributed by atoms with Crippen LogP contribution in [0.5, 0.6) is 5.75 Å². The molecular weight excluding hydrogens is 360 g/mol. The molecule has 1 aliphatic heterocycles. The first-order chi connectivity index (χ1) is 13.7. The largest absolute Gasteiger partial charge is 0.497 e. The molecule has 0 spiro atoms. The van der Waals surface area contributed by atoms with E-state index in [9.17, 15) is 4.79 Å². The zero-order chi connectivity index (χ0) is 19.1. The number of benzene rings is 1. The number of hydrogen-bond donors (Lipinski definition) is 2. The highest BCUT2D eigenvalue weighted by Crippen LogP contribution is 2.43. The summed E-state index contributed by atoms with van der Waals surface area (Å²) in [6.45, 7) is 0. The molecule has 1 aliphatic carbocycles. The Morgan fingerprint density at radius 1 is 1.14 bits per heavy atom. The summed E-state index contributed by atoms with van der Waals surface area (Å²) in [5, 5.41) is 14.4. The van der Waals surface area contributed by atoms with Crippen LogP contribution in [0, 0.1) is 0 Å². The number of furan rings is 1. The number of ether oxygens (including phenoxy) is 1. The second-order valence-electron chi connectivity index (χ2n) is 6.88. The van der Waals surface area contributed by atoms with Gasteiger partial charge in [-0.3, -0.25) is 4.79 Å². The molecule has 2 aliphatic rings. The van der Waals surface area contributed by atoms with Crippen molar-refractivity contribution in [2.45, 2.75) is 24.8 Å². The van der Waals surface area contributed by atoms with E-state index in [2.05, 4.69) is 20.9 Å². The van der Waals surface area contributed by atoms with E-state index in [1.807, 2.05) is 36.4 Å². The van der Waals surface area contributed by atoms with Gasteiger partial charge in [-0.05, 0) is 46.6 Å². The molecule has 2 unspecified atom stereocenters. The van der Waals surface area contributed by atoms with Crippen LogP contribution in [-0.2, 0) is 4.79 Å². The molecule has 0 saturated carbocycles. The average molecular weight is 378 g/mol. The minimum Gasteiger partial charge on any atom is -0.497 e. The van der Waals surface area contributed by atoms with Crippen LogP contribution < -0.4 is 15.4 Å². The van der Waals surface area contributed by atoms with Gasteiger partial charge in [0.1, 0.15) is 11.5 Å². The lowest BCUT2D eigenvalue weighted by atomic mass is 9.80. The fraction of sp³-hybridized carbons (Fsp3) is 0.250.